The summed E-state index contributed by atoms with van der Waals surface area (Å²) in [7, 11) is 0. The van der Waals surface area contributed by atoms with Crippen molar-refractivity contribution >= 4 is 36.7 Å². The van der Waals surface area contributed by atoms with Crippen molar-refractivity contribution in [2.45, 2.75) is 85.3 Å². The summed E-state index contributed by atoms with van der Waals surface area (Å²) in [6.07, 6.45) is -4.20. The lowest BCUT2D eigenvalue weighted by molar-refractivity contribution is -0.164. The van der Waals surface area contributed by atoms with Crippen LogP contribution in [0.15, 0.2) is 18.2 Å². The fraction of sp³-hybridized carbons (Fsp3) is 0.565. The van der Waals surface area contributed by atoms with Crippen molar-refractivity contribution < 1.29 is 47.6 Å². The van der Waals surface area contributed by atoms with Crippen molar-refractivity contribution in [3.8, 4) is 11.5 Å². The molecule has 1 aromatic carbocycles. The molecule has 0 saturated heterocycles. The van der Waals surface area contributed by atoms with Gasteiger partial charge in [-0.25, -0.2) is 9.59 Å². The number of carbonyl (C=O) groups excluding carboxylic acids is 4. The van der Waals surface area contributed by atoms with Gasteiger partial charge < -0.3 is 34.2 Å². The number of nitrogens with two attached hydrogens (primary N) is 1. The van der Waals surface area contributed by atoms with Gasteiger partial charge in [0.1, 0.15) is 18.2 Å². The van der Waals surface area contributed by atoms with Crippen LogP contribution in [0.2, 0.25) is 0 Å². The van der Waals surface area contributed by atoms with E-state index in [0.717, 1.165) is 0 Å². The second kappa shape index (κ2) is 15.0. The first-order valence-electron chi connectivity index (χ1n) is 10.8. The maximum absolute atomic E-state index is 12.4. The van der Waals surface area contributed by atoms with Crippen LogP contribution in [0.25, 0.3) is 0 Å². The van der Waals surface area contributed by atoms with Gasteiger partial charge in [0.2, 0.25) is 0 Å². The Morgan fingerprint density at radius 1 is 0.771 bits per heavy atom. The van der Waals surface area contributed by atoms with E-state index in [1.165, 1.54) is 25.1 Å². The smallest absolute Gasteiger partial charge is 0.459 e. The first-order chi connectivity index (χ1) is 15.8. The van der Waals surface area contributed by atoms with E-state index in [4.69, 9.17) is 34.2 Å². The van der Waals surface area contributed by atoms with Crippen molar-refractivity contribution in [1.29, 1.82) is 0 Å². The zero-order valence-corrected chi connectivity index (χ0v) is 21.7. The Kier molecular flexibility index (Phi) is 13.7. The van der Waals surface area contributed by atoms with E-state index >= 15 is 0 Å². The zero-order valence-electron chi connectivity index (χ0n) is 20.9. The molecule has 11 nitrogen and oxygen atoms in total. The van der Waals surface area contributed by atoms with Crippen LogP contribution in [-0.4, -0.2) is 54.7 Å². The predicted molar refractivity (Wildman–Crippen MR) is 127 cm³/mol. The molecule has 0 bridgehead atoms. The molecule has 0 aliphatic carbocycles. The predicted octanol–water partition coefficient (Wildman–Crippen LogP) is 3.71. The van der Waals surface area contributed by atoms with Gasteiger partial charge in [0.15, 0.2) is 11.5 Å². The summed E-state index contributed by atoms with van der Waals surface area (Å²) in [5, 5.41) is 0. The van der Waals surface area contributed by atoms with Gasteiger partial charge in [-0.05, 0) is 65.7 Å². The Morgan fingerprint density at radius 3 is 1.74 bits per heavy atom. The number of esters is 2. The average Bonchev–Trinajstić information content (AvgIpc) is 2.67. The first-order valence-corrected chi connectivity index (χ1v) is 10.8. The van der Waals surface area contributed by atoms with E-state index in [1.54, 1.807) is 41.5 Å². The van der Waals surface area contributed by atoms with Crippen LogP contribution in [0.3, 0.4) is 0 Å². The maximum Gasteiger partial charge on any atom is 0.514 e. The lowest BCUT2D eigenvalue weighted by Gasteiger charge is -2.22. The Labute approximate surface area is 210 Å². The van der Waals surface area contributed by atoms with E-state index in [9.17, 15) is 19.2 Å². The summed E-state index contributed by atoms with van der Waals surface area (Å²) in [6, 6.07) is 3.23. The van der Waals surface area contributed by atoms with Crippen LogP contribution in [0.1, 0.15) is 54.0 Å². The van der Waals surface area contributed by atoms with E-state index in [2.05, 4.69) is 0 Å². The van der Waals surface area contributed by atoms with Crippen molar-refractivity contribution in [2.24, 2.45) is 5.73 Å². The zero-order chi connectivity index (χ0) is 26.0. The molecule has 1 rings (SSSR count). The molecule has 1 aromatic rings. The Morgan fingerprint density at radius 2 is 1.26 bits per heavy atom. The summed E-state index contributed by atoms with van der Waals surface area (Å²) in [6.45, 7) is 11.0. The lowest BCUT2D eigenvalue weighted by Crippen LogP contribution is -2.39. The molecule has 0 radical (unpaired) electrons. The van der Waals surface area contributed by atoms with Crippen molar-refractivity contribution in [2.75, 3.05) is 0 Å². The molecule has 0 aliphatic heterocycles. The van der Waals surface area contributed by atoms with Crippen LogP contribution in [-0.2, 0) is 35.0 Å². The molecule has 0 spiro atoms. The number of ether oxygens (including phenoxy) is 6. The molecule has 3 atom stereocenters. The Bertz CT molecular complexity index is 874. The monoisotopic (exact) mass is 519 g/mol. The quantitative estimate of drug-likeness (QED) is 0.273. The number of halogens is 1. The van der Waals surface area contributed by atoms with Crippen LogP contribution in [0, 0.1) is 0 Å². The van der Waals surface area contributed by atoms with E-state index in [-0.39, 0.29) is 30.3 Å². The summed E-state index contributed by atoms with van der Waals surface area (Å²) in [4.78, 5) is 47.3. The van der Waals surface area contributed by atoms with Gasteiger partial charge in [0, 0.05) is 6.92 Å². The fourth-order valence-corrected chi connectivity index (χ4v) is 2.52. The second-order valence-corrected chi connectivity index (χ2v) is 8.09. The molecule has 198 valence electrons. The number of benzene rings is 1. The normalized spacial score (nSPS) is 13.1. The van der Waals surface area contributed by atoms with Gasteiger partial charge in [-0.3, -0.25) is 9.59 Å². The van der Waals surface area contributed by atoms with Gasteiger partial charge in [-0.15, -0.1) is 12.4 Å². The number of carbonyl (C=O) groups is 4. The molecule has 35 heavy (non-hydrogen) atoms. The highest BCUT2D eigenvalue weighted by Crippen LogP contribution is 2.30. The molecular weight excluding hydrogens is 486 g/mol. The summed E-state index contributed by atoms with van der Waals surface area (Å²) >= 11 is 0. The van der Waals surface area contributed by atoms with Gasteiger partial charge in [0.25, 0.3) is 0 Å². The molecule has 0 fully saturated rings. The lowest BCUT2D eigenvalue weighted by atomic mass is 10.1. The van der Waals surface area contributed by atoms with Crippen LogP contribution < -0.4 is 15.2 Å². The highest BCUT2D eigenvalue weighted by Gasteiger charge is 2.24. The van der Waals surface area contributed by atoms with Gasteiger partial charge >= 0.3 is 24.2 Å². The standard InChI is InChI=1S/C23H33NO10.ClH/c1-12(2)29-22(27)33-19-9-8-17(11-20(19)34-23(28)30-13(3)4)10-18(24)21(26)32-15(6)14(5)31-16(7)25;/h8-9,11-15,18H,10,24H2,1-7H3;1H/t14-,15-,18+;/m1./s1. The summed E-state index contributed by atoms with van der Waals surface area (Å²) in [5.41, 5.74) is 6.46. The number of rotatable bonds is 10. The summed E-state index contributed by atoms with van der Waals surface area (Å²) < 4.78 is 30.5. The molecule has 2 N–H and O–H groups in total. The van der Waals surface area contributed by atoms with Crippen LogP contribution >= 0.6 is 12.4 Å². The van der Waals surface area contributed by atoms with E-state index in [0.29, 0.717) is 5.56 Å². The molecule has 0 saturated carbocycles. The third-order valence-electron chi connectivity index (χ3n) is 4.13. The maximum atomic E-state index is 12.4. The molecule has 0 heterocycles. The Balaban J connectivity index is 0.0000116. The molecular formula is C23H34ClNO10. The number of hydrogen-bond donors (Lipinski definition) is 1. The third-order valence-corrected chi connectivity index (χ3v) is 4.13. The second-order valence-electron chi connectivity index (χ2n) is 8.09. The van der Waals surface area contributed by atoms with Crippen molar-refractivity contribution in [1.82, 2.24) is 0 Å². The minimum absolute atomic E-state index is 0. The Hall–Kier alpha value is -3.05. The molecule has 0 aromatic heterocycles. The highest BCUT2D eigenvalue weighted by atomic mass is 35.5. The third kappa shape index (κ3) is 12.3. The van der Waals surface area contributed by atoms with E-state index in [1.807, 2.05) is 0 Å². The van der Waals surface area contributed by atoms with Crippen LogP contribution in [0.5, 0.6) is 11.5 Å². The van der Waals surface area contributed by atoms with Gasteiger partial charge in [0.05, 0.1) is 12.2 Å². The number of hydrogen-bond acceptors (Lipinski definition) is 11. The summed E-state index contributed by atoms with van der Waals surface area (Å²) in [5.74, 6) is -1.42. The van der Waals surface area contributed by atoms with Crippen LogP contribution in [0.4, 0.5) is 9.59 Å². The average molecular weight is 520 g/mol. The van der Waals surface area contributed by atoms with Gasteiger partial charge in [-0.2, -0.15) is 0 Å². The minimum atomic E-state index is -1.07. The molecule has 0 unspecified atom stereocenters. The van der Waals surface area contributed by atoms with E-state index < -0.39 is 54.7 Å². The SMILES string of the molecule is CC(=O)O[C@H](C)[C@@H](C)OC(=O)[C@@H](N)Cc1ccc(OC(=O)OC(C)C)c(OC(=O)OC(C)C)c1.Cl. The largest absolute Gasteiger partial charge is 0.514 e. The molecule has 0 aliphatic rings. The highest BCUT2D eigenvalue weighted by molar-refractivity contribution is 5.85. The first kappa shape index (κ1) is 31.9. The topological polar surface area (TPSA) is 150 Å². The van der Waals surface area contributed by atoms with Gasteiger partial charge in [-0.1, -0.05) is 6.07 Å². The van der Waals surface area contributed by atoms with Crippen molar-refractivity contribution in [3.63, 3.8) is 0 Å². The fourth-order valence-electron chi connectivity index (χ4n) is 2.52. The molecule has 12 heteroatoms. The molecule has 0 amide bonds. The minimum Gasteiger partial charge on any atom is -0.459 e. The van der Waals surface area contributed by atoms with Crippen molar-refractivity contribution in [3.05, 3.63) is 23.8 Å².